The van der Waals surface area contributed by atoms with Gasteiger partial charge in [-0.2, -0.15) is 0 Å². The molecule has 0 aliphatic heterocycles. The molecule has 0 spiro atoms. The van der Waals surface area contributed by atoms with Crippen LogP contribution in [0.25, 0.3) is 0 Å². The fourth-order valence-electron chi connectivity index (χ4n) is 4.47. The number of aliphatic hydroxyl groups is 1. The molecule has 2 bridgehead atoms. The Morgan fingerprint density at radius 1 is 1.38 bits per heavy atom. The number of rotatable bonds is 1. The van der Waals surface area contributed by atoms with Gasteiger partial charge in [0.25, 0.3) is 0 Å². The van der Waals surface area contributed by atoms with Crippen molar-refractivity contribution in [3.05, 3.63) is 0 Å². The van der Waals surface area contributed by atoms with Gasteiger partial charge in [0.2, 0.25) is 0 Å². The Kier molecular flexibility index (Phi) is 2.23. The van der Waals surface area contributed by atoms with Gasteiger partial charge in [0.15, 0.2) is 0 Å². The zero-order valence-electron chi connectivity index (χ0n) is 7.88. The van der Waals surface area contributed by atoms with E-state index in [4.69, 9.17) is 8.25 Å². The molecular formula is C10H15ClHgO. The predicted molar refractivity (Wildman–Crippen MR) is 48.1 cm³/mol. The zero-order valence-corrected chi connectivity index (χ0v) is 14.1. The Hall–Kier alpha value is 1.19. The first-order valence-electron chi connectivity index (χ1n) is 5.53. The summed E-state index contributed by atoms with van der Waals surface area (Å²) in [4.78, 5) is 0. The van der Waals surface area contributed by atoms with Gasteiger partial charge < -0.3 is 0 Å². The van der Waals surface area contributed by atoms with Crippen LogP contribution in [0, 0.1) is 17.8 Å². The second-order valence-electron chi connectivity index (χ2n) is 5.30. The molecule has 5 unspecified atom stereocenters. The van der Waals surface area contributed by atoms with E-state index in [1.54, 1.807) is 0 Å². The fraction of sp³-hybridized carbons (Fsp3) is 1.00. The number of halogens is 1. The minimum absolute atomic E-state index is 0.245. The molecule has 3 saturated carbocycles. The van der Waals surface area contributed by atoms with Crippen molar-refractivity contribution < 1.29 is 28.4 Å². The van der Waals surface area contributed by atoms with E-state index in [1.165, 1.54) is 19.3 Å². The number of fused-ring (bicyclic) bond motifs is 1. The molecule has 0 aromatic carbocycles. The van der Waals surface area contributed by atoms with Gasteiger partial charge in [0, 0.05) is 0 Å². The van der Waals surface area contributed by atoms with Gasteiger partial charge in [-0.3, -0.25) is 0 Å². The van der Waals surface area contributed by atoms with Crippen LogP contribution in [0.15, 0.2) is 0 Å². The molecule has 0 radical (unpaired) electrons. The van der Waals surface area contributed by atoms with Crippen LogP contribution in [-0.4, -0.2) is 10.7 Å². The molecule has 1 nitrogen and oxygen atoms in total. The average molecular weight is 387 g/mol. The third kappa shape index (κ3) is 1.19. The van der Waals surface area contributed by atoms with Crippen LogP contribution in [0.1, 0.15) is 32.1 Å². The summed E-state index contributed by atoms with van der Waals surface area (Å²) < 4.78 is 0.858. The fourth-order valence-corrected chi connectivity index (χ4v) is 14.7. The first-order valence-corrected chi connectivity index (χ1v) is 15.5. The summed E-state index contributed by atoms with van der Waals surface area (Å²) in [7, 11) is 6.22. The molecular weight excluding hydrogens is 372 g/mol. The monoisotopic (exact) mass is 388 g/mol. The van der Waals surface area contributed by atoms with E-state index in [9.17, 15) is 5.11 Å². The molecule has 3 aliphatic rings. The first kappa shape index (κ1) is 9.41. The van der Waals surface area contributed by atoms with Crippen LogP contribution in [0.3, 0.4) is 0 Å². The Morgan fingerprint density at radius 3 is 2.85 bits per heavy atom. The normalized spacial score (nSPS) is 58.0. The van der Waals surface area contributed by atoms with Crippen molar-refractivity contribution in [1.82, 2.24) is 0 Å². The number of hydrogen-bond donors (Lipinski definition) is 1. The van der Waals surface area contributed by atoms with Gasteiger partial charge in [-0.15, -0.1) is 0 Å². The molecule has 0 saturated heterocycles. The average Bonchev–Trinajstić information content (AvgIpc) is 2.54. The Bertz CT molecular complexity index is 235. The Labute approximate surface area is 95.1 Å². The molecule has 13 heavy (non-hydrogen) atoms. The third-order valence-corrected chi connectivity index (χ3v) is 13.9. The van der Waals surface area contributed by atoms with Crippen LogP contribution in [-0.2, 0) is 23.3 Å². The maximum atomic E-state index is 10.5. The van der Waals surface area contributed by atoms with Crippen molar-refractivity contribution >= 4 is 8.25 Å². The third-order valence-electron chi connectivity index (χ3n) is 4.78. The van der Waals surface area contributed by atoms with Gasteiger partial charge in [-0.05, 0) is 0 Å². The van der Waals surface area contributed by atoms with E-state index in [1.807, 2.05) is 0 Å². The van der Waals surface area contributed by atoms with Gasteiger partial charge in [-0.25, -0.2) is 0 Å². The molecule has 3 rings (SSSR count). The summed E-state index contributed by atoms with van der Waals surface area (Å²) >= 11 is -1.11. The van der Waals surface area contributed by atoms with E-state index in [2.05, 4.69) is 0 Å². The second-order valence-corrected chi connectivity index (χ2v) is 12.9. The standard InChI is InChI=1S/C10H15O.ClH.Hg/c11-10-3-1-2-8-4-7(6-10)5-9(8)10;;/h5,7-9,11H,1-4,6H2;1H;/q;;+1/p-1. The number of hydrogen-bond acceptors (Lipinski definition) is 1. The van der Waals surface area contributed by atoms with Crippen molar-refractivity contribution in [2.24, 2.45) is 17.8 Å². The molecule has 3 heteroatoms. The molecule has 1 N–H and O–H groups in total. The summed E-state index contributed by atoms with van der Waals surface area (Å²) in [5.41, 5.74) is -0.245. The van der Waals surface area contributed by atoms with Gasteiger partial charge in [-0.1, -0.05) is 0 Å². The zero-order chi connectivity index (χ0) is 9.05. The van der Waals surface area contributed by atoms with Crippen molar-refractivity contribution in [3.8, 4) is 0 Å². The SMILES string of the molecule is OC12CCCC3CC(C1)[CH]([Hg][Cl])C32. The van der Waals surface area contributed by atoms with E-state index >= 15 is 0 Å². The molecule has 0 aromatic rings. The van der Waals surface area contributed by atoms with Gasteiger partial charge in [0.1, 0.15) is 0 Å². The van der Waals surface area contributed by atoms with E-state index < -0.39 is 23.3 Å². The van der Waals surface area contributed by atoms with E-state index in [-0.39, 0.29) is 5.60 Å². The van der Waals surface area contributed by atoms with Crippen LogP contribution in [0.4, 0.5) is 0 Å². The van der Waals surface area contributed by atoms with Gasteiger partial charge >= 0.3 is 95.6 Å². The van der Waals surface area contributed by atoms with Crippen molar-refractivity contribution in [3.63, 3.8) is 0 Å². The van der Waals surface area contributed by atoms with Crippen LogP contribution >= 0.6 is 8.25 Å². The Balaban J connectivity index is 1.95. The molecule has 0 amide bonds. The maximum absolute atomic E-state index is 10.5. The Morgan fingerprint density at radius 2 is 2.23 bits per heavy atom. The van der Waals surface area contributed by atoms with Crippen LogP contribution in [0.2, 0.25) is 3.43 Å². The summed E-state index contributed by atoms with van der Waals surface area (Å²) in [6.45, 7) is 0. The quantitative estimate of drug-likeness (QED) is 0.686. The first-order chi connectivity index (χ1) is 6.24. The molecule has 70 valence electrons. The van der Waals surface area contributed by atoms with E-state index in [0.717, 1.165) is 28.1 Å². The summed E-state index contributed by atoms with van der Waals surface area (Å²) in [6, 6.07) is 0. The van der Waals surface area contributed by atoms with Gasteiger partial charge in [0.05, 0.1) is 0 Å². The summed E-state index contributed by atoms with van der Waals surface area (Å²) in [6.07, 6.45) is 6.22. The van der Waals surface area contributed by atoms with E-state index in [0.29, 0.717) is 5.92 Å². The molecule has 0 heterocycles. The summed E-state index contributed by atoms with van der Waals surface area (Å²) in [5.74, 6) is 2.37. The molecule has 5 atom stereocenters. The minimum atomic E-state index is -1.11. The second kappa shape index (κ2) is 3.09. The van der Waals surface area contributed by atoms with Crippen molar-refractivity contribution in [1.29, 1.82) is 0 Å². The predicted octanol–water partition coefficient (Wildman–Crippen LogP) is 2.58. The van der Waals surface area contributed by atoms with Crippen LogP contribution < -0.4 is 0 Å². The van der Waals surface area contributed by atoms with Crippen molar-refractivity contribution in [2.75, 3.05) is 0 Å². The van der Waals surface area contributed by atoms with Crippen LogP contribution in [0.5, 0.6) is 0 Å². The summed E-state index contributed by atoms with van der Waals surface area (Å²) in [5, 5.41) is 10.5. The molecule has 3 aliphatic carbocycles. The van der Waals surface area contributed by atoms with Crippen molar-refractivity contribution in [2.45, 2.75) is 41.1 Å². The topological polar surface area (TPSA) is 20.2 Å². The molecule has 0 aromatic heterocycles. The molecule has 3 fully saturated rings.